The Kier molecular flexibility index (Phi) is 5.54. The van der Waals surface area contributed by atoms with Crippen LogP contribution in [-0.2, 0) is 9.59 Å². The van der Waals surface area contributed by atoms with Crippen LogP contribution in [0.1, 0.15) is 32.6 Å². The Balaban J connectivity index is 1.71. The highest BCUT2D eigenvalue weighted by molar-refractivity contribution is 5.93. The van der Waals surface area contributed by atoms with Crippen molar-refractivity contribution >= 4 is 17.5 Å². The third kappa shape index (κ3) is 5.41. The van der Waals surface area contributed by atoms with Crippen molar-refractivity contribution < 1.29 is 14.3 Å². The molecule has 2 N–H and O–H groups in total. The van der Waals surface area contributed by atoms with Gasteiger partial charge in [-0.3, -0.25) is 9.59 Å². The quantitative estimate of drug-likeness (QED) is 0.715. The highest BCUT2D eigenvalue weighted by atomic mass is 16.5. The smallest absolute Gasteiger partial charge is 0.258 e. The lowest BCUT2D eigenvalue weighted by atomic mass is 10.3. The van der Waals surface area contributed by atoms with Gasteiger partial charge >= 0.3 is 0 Å². The van der Waals surface area contributed by atoms with Gasteiger partial charge in [-0.2, -0.15) is 0 Å². The minimum Gasteiger partial charge on any atom is -0.468 e. The van der Waals surface area contributed by atoms with E-state index in [0.717, 1.165) is 25.7 Å². The van der Waals surface area contributed by atoms with E-state index in [1.807, 2.05) is 0 Å². The predicted octanol–water partition coefficient (Wildman–Crippen LogP) is 1.73. The number of hydrogen-bond donors (Lipinski definition) is 2. The third-order valence-electron chi connectivity index (χ3n) is 3.16. The summed E-state index contributed by atoms with van der Waals surface area (Å²) >= 11 is 0. The maximum absolute atomic E-state index is 11.6. The summed E-state index contributed by atoms with van der Waals surface area (Å²) in [6.45, 7) is 2.68. The second-order valence-corrected chi connectivity index (χ2v) is 5.14. The predicted molar refractivity (Wildman–Crippen MR) is 79.0 cm³/mol. The number of carbonyl (C=O) groups excluding carboxylic acids is 2. The van der Waals surface area contributed by atoms with Crippen molar-refractivity contribution in [2.45, 2.75) is 32.6 Å². The van der Waals surface area contributed by atoms with Crippen LogP contribution in [0.3, 0.4) is 0 Å². The number of nitrogens with one attached hydrogen (secondary N) is 2. The van der Waals surface area contributed by atoms with E-state index in [1.165, 1.54) is 6.20 Å². The first-order chi connectivity index (χ1) is 10.2. The molecule has 1 aliphatic rings. The normalized spacial score (nSPS) is 13.6. The van der Waals surface area contributed by atoms with Crippen LogP contribution in [0.15, 0.2) is 18.3 Å². The van der Waals surface area contributed by atoms with E-state index in [0.29, 0.717) is 18.1 Å². The number of pyridine rings is 1. The maximum atomic E-state index is 11.6. The lowest BCUT2D eigenvalue weighted by Gasteiger charge is -2.07. The molecule has 114 valence electrons. The molecule has 1 heterocycles. The van der Waals surface area contributed by atoms with Crippen molar-refractivity contribution in [2.24, 2.45) is 5.92 Å². The second-order valence-electron chi connectivity index (χ2n) is 5.14. The molecule has 0 aliphatic heterocycles. The van der Waals surface area contributed by atoms with Crippen molar-refractivity contribution in [3.8, 4) is 5.88 Å². The molecule has 1 aromatic heterocycles. The topological polar surface area (TPSA) is 80.3 Å². The molecule has 2 amide bonds. The number of amides is 2. The van der Waals surface area contributed by atoms with E-state index in [4.69, 9.17) is 4.74 Å². The van der Waals surface area contributed by atoms with Gasteiger partial charge in [0, 0.05) is 18.5 Å². The van der Waals surface area contributed by atoms with E-state index in [-0.39, 0.29) is 24.3 Å². The number of aromatic nitrogens is 1. The first-order valence-electron chi connectivity index (χ1n) is 7.35. The van der Waals surface area contributed by atoms with Crippen molar-refractivity contribution in [3.63, 3.8) is 0 Å². The summed E-state index contributed by atoms with van der Waals surface area (Å²) in [5.41, 5.74) is 0.645. The van der Waals surface area contributed by atoms with Gasteiger partial charge in [0.05, 0.1) is 11.9 Å². The SMILES string of the molecule is CCCCNC(=O)COc1ccc(NC(=O)C2CC2)cn1. The Bertz CT molecular complexity index is 483. The average molecular weight is 291 g/mol. The molecule has 6 heteroatoms. The Morgan fingerprint density at radius 2 is 2.19 bits per heavy atom. The molecular formula is C15H21N3O3. The molecule has 0 aromatic carbocycles. The molecule has 1 aromatic rings. The van der Waals surface area contributed by atoms with E-state index in [1.54, 1.807) is 12.1 Å². The highest BCUT2D eigenvalue weighted by Crippen LogP contribution is 2.30. The summed E-state index contributed by atoms with van der Waals surface area (Å²) in [6.07, 6.45) is 5.46. The van der Waals surface area contributed by atoms with Crippen molar-refractivity contribution in [1.82, 2.24) is 10.3 Å². The summed E-state index contributed by atoms with van der Waals surface area (Å²) in [5, 5.41) is 5.56. The van der Waals surface area contributed by atoms with Gasteiger partial charge in [-0.05, 0) is 25.3 Å². The Hall–Kier alpha value is -2.11. The van der Waals surface area contributed by atoms with Crippen LogP contribution >= 0.6 is 0 Å². The molecule has 1 saturated carbocycles. The van der Waals surface area contributed by atoms with Gasteiger partial charge < -0.3 is 15.4 Å². The average Bonchev–Trinajstić information content (AvgIpc) is 3.31. The number of nitrogens with zero attached hydrogens (tertiary/aromatic N) is 1. The molecule has 0 saturated heterocycles. The lowest BCUT2D eigenvalue weighted by Crippen LogP contribution is -2.29. The number of anilines is 1. The molecule has 0 radical (unpaired) electrons. The number of ether oxygens (including phenoxy) is 1. The fraction of sp³-hybridized carbons (Fsp3) is 0.533. The van der Waals surface area contributed by atoms with E-state index in [9.17, 15) is 9.59 Å². The van der Waals surface area contributed by atoms with E-state index < -0.39 is 0 Å². The minimum atomic E-state index is -0.156. The Morgan fingerprint density at radius 3 is 2.81 bits per heavy atom. The van der Waals surface area contributed by atoms with Gasteiger partial charge in [-0.1, -0.05) is 13.3 Å². The highest BCUT2D eigenvalue weighted by Gasteiger charge is 2.29. The number of rotatable bonds is 8. The zero-order valence-electron chi connectivity index (χ0n) is 12.2. The standard InChI is InChI=1S/C15H21N3O3/c1-2-3-8-16-13(19)10-21-14-7-6-12(9-17-14)18-15(20)11-4-5-11/h6-7,9,11H,2-5,8,10H2,1H3,(H,16,19)(H,18,20). The van der Waals surface area contributed by atoms with Crippen LogP contribution < -0.4 is 15.4 Å². The van der Waals surface area contributed by atoms with Gasteiger partial charge in [0.25, 0.3) is 5.91 Å². The zero-order valence-corrected chi connectivity index (χ0v) is 12.2. The van der Waals surface area contributed by atoms with Crippen molar-refractivity contribution in [1.29, 1.82) is 0 Å². The molecule has 0 atom stereocenters. The molecule has 21 heavy (non-hydrogen) atoms. The zero-order chi connectivity index (χ0) is 15.1. The van der Waals surface area contributed by atoms with Gasteiger partial charge in [0.2, 0.25) is 11.8 Å². The fourth-order valence-electron chi connectivity index (χ4n) is 1.72. The van der Waals surface area contributed by atoms with Crippen LogP contribution in [0.25, 0.3) is 0 Å². The minimum absolute atomic E-state index is 0.0424. The number of unbranched alkanes of at least 4 members (excludes halogenated alkanes) is 1. The summed E-state index contributed by atoms with van der Waals surface area (Å²) in [7, 11) is 0. The van der Waals surface area contributed by atoms with E-state index >= 15 is 0 Å². The molecular weight excluding hydrogens is 270 g/mol. The molecule has 1 fully saturated rings. The Labute approximate surface area is 124 Å². The number of hydrogen-bond acceptors (Lipinski definition) is 4. The lowest BCUT2D eigenvalue weighted by molar-refractivity contribution is -0.123. The van der Waals surface area contributed by atoms with E-state index in [2.05, 4.69) is 22.5 Å². The summed E-state index contributed by atoms with van der Waals surface area (Å²) < 4.78 is 5.28. The number of carbonyl (C=O) groups is 2. The van der Waals surface area contributed by atoms with Crippen LogP contribution in [-0.4, -0.2) is 29.9 Å². The summed E-state index contributed by atoms with van der Waals surface area (Å²) in [4.78, 5) is 27.1. The van der Waals surface area contributed by atoms with Crippen LogP contribution in [0.5, 0.6) is 5.88 Å². The monoisotopic (exact) mass is 291 g/mol. The van der Waals surface area contributed by atoms with Gasteiger partial charge in [0.1, 0.15) is 0 Å². The van der Waals surface area contributed by atoms with Crippen molar-refractivity contribution in [2.75, 3.05) is 18.5 Å². The molecule has 0 bridgehead atoms. The molecule has 0 unspecified atom stereocenters. The molecule has 2 rings (SSSR count). The maximum Gasteiger partial charge on any atom is 0.258 e. The molecule has 1 aliphatic carbocycles. The van der Waals surface area contributed by atoms with Gasteiger partial charge in [-0.15, -0.1) is 0 Å². The third-order valence-corrected chi connectivity index (χ3v) is 3.16. The largest absolute Gasteiger partial charge is 0.468 e. The molecule has 0 spiro atoms. The van der Waals surface area contributed by atoms with Gasteiger partial charge in [0.15, 0.2) is 6.61 Å². The summed E-state index contributed by atoms with van der Waals surface area (Å²) in [5.74, 6) is 0.412. The van der Waals surface area contributed by atoms with Gasteiger partial charge in [-0.25, -0.2) is 4.98 Å². The Morgan fingerprint density at radius 1 is 1.38 bits per heavy atom. The first-order valence-corrected chi connectivity index (χ1v) is 7.35. The van der Waals surface area contributed by atoms with Crippen LogP contribution in [0, 0.1) is 5.92 Å². The first kappa shape index (κ1) is 15.3. The van der Waals surface area contributed by atoms with Crippen molar-refractivity contribution in [3.05, 3.63) is 18.3 Å². The fourth-order valence-corrected chi connectivity index (χ4v) is 1.72. The van der Waals surface area contributed by atoms with Crippen LogP contribution in [0.2, 0.25) is 0 Å². The van der Waals surface area contributed by atoms with Crippen LogP contribution in [0.4, 0.5) is 5.69 Å². The summed E-state index contributed by atoms with van der Waals surface area (Å²) in [6, 6.07) is 3.36. The molecule has 6 nitrogen and oxygen atoms in total. The second kappa shape index (κ2) is 7.61.